The van der Waals surface area contributed by atoms with Gasteiger partial charge in [0.2, 0.25) is 0 Å². The molecule has 0 spiro atoms. The monoisotopic (exact) mass is 367 g/mol. The zero-order chi connectivity index (χ0) is 18.4. The molecule has 0 amide bonds. The van der Waals surface area contributed by atoms with Crippen LogP contribution in [0.1, 0.15) is 27.9 Å². The van der Waals surface area contributed by atoms with Gasteiger partial charge >= 0.3 is 5.97 Å². The van der Waals surface area contributed by atoms with Crippen molar-refractivity contribution >= 4 is 21.7 Å². The number of anilines is 1. The highest BCUT2D eigenvalue weighted by molar-refractivity contribution is 7.92. The van der Waals surface area contributed by atoms with Crippen LogP contribution in [0.2, 0.25) is 0 Å². The smallest absolute Gasteiger partial charge is 0.335 e. The van der Waals surface area contributed by atoms with E-state index in [1.807, 2.05) is 0 Å². The largest absolute Gasteiger partial charge is 0.478 e. The molecule has 1 heterocycles. The average Bonchev–Trinajstić information content (AvgIpc) is 2.53. The summed E-state index contributed by atoms with van der Waals surface area (Å²) >= 11 is 0. The fraction of sp³-hybridized carbons (Fsp3) is 0.235. The van der Waals surface area contributed by atoms with Gasteiger partial charge in [0.15, 0.2) is 5.82 Å². The van der Waals surface area contributed by atoms with E-state index in [1.165, 1.54) is 19.1 Å². The van der Waals surface area contributed by atoms with E-state index >= 15 is 0 Å². The molecule has 8 heteroatoms. The van der Waals surface area contributed by atoms with E-state index < -0.39 is 27.6 Å². The van der Waals surface area contributed by atoms with Crippen LogP contribution in [0.5, 0.6) is 0 Å². The third kappa shape index (κ3) is 2.97. The molecule has 0 fully saturated rings. The van der Waals surface area contributed by atoms with Crippen molar-refractivity contribution in [2.45, 2.75) is 24.7 Å². The van der Waals surface area contributed by atoms with Gasteiger partial charge in [0.05, 0.1) is 16.1 Å². The zero-order valence-electron chi connectivity index (χ0n) is 13.3. The van der Waals surface area contributed by atoms with Crippen molar-refractivity contribution in [1.82, 2.24) is 0 Å². The number of carboxylic acid groups (broad SMARTS) is 1. The quantitative estimate of drug-likeness (QED) is 0.905. The lowest BCUT2D eigenvalue weighted by Crippen LogP contribution is -2.36. The van der Waals surface area contributed by atoms with Crippen LogP contribution in [0.4, 0.5) is 14.5 Å². The first-order valence-corrected chi connectivity index (χ1v) is 9.00. The first-order valence-electron chi connectivity index (χ1n) is 7.56. The van der Waals surface area contributed by atoms with Crippen LogP contribution in [0.3, 0.4) is 0 Å². The number of carbonyl (C=O) groups is 1. The van der Waals surface area contributed by atoms with Crippen LogP contribution in [0.25, 0.3) is 0 Å². The summed E-state index contributed by atoms with van der Waals surface area (Å²) in [5.74, 6) is -2.98. The number of benzene rings is 2. The van der Waals surface area contributed by atoms with Crippen LogP contribution < -0.4 is 4.31 Å². The molecule has 0 radical (unpaired) electrons. The summed E-state index contributed by atoms with van der Waals surface area (Å²) in [6.07, 6.45) is 0.775. The minimum absolute atomic E-state index is 0.0363. The van der Waals surface area contributed by atoms with Crippen molar-refractivity contribution < 1.29 is 27.1 Å². The van der Waals surface area contributed by atoms with Gasteiger partial charge in [-0.2, -0.15) is 0 Å². The Morgan fingerprint density at radius 3 is 2.60 bits per heavy atom. The lowest BCUT2D eigenvalue weighted by Gasteiger charge is -2.31. The normalized spacial score (nSPS) is 14.3. The molecule has 0 aromatic heterocycles. The second kappa shape index (κ2) is 6.11. The fourth-order valence-corrected chi connectivity index (χ4v) is 4.79. The predicted octanol–water partition coefficient (Wildman–Crippen LogP) is 3.11. The Bertz CT molecular complexity index is 973. The highest BCUT2D eigenvalue weighted by Crippen LogP contribution is 2.35. The molecule has 0 saturated carbocycles. The van der Waals surface area contributed by atoms with Crippen molar-refractivity contribution in [1.29, 1.82) is 0 Å². The molecule has 0 aliphatic carbocycles. The second-order valence-corrected chi connectivity index (χ2v) is 7.69. The molecule has 0 atom stereocenters. The standard InChI is InChI=1S/C17H15F2NO4S/c1-10-4-5-12(17(21)22)8-15(10)25(23,24)20-6-2-3-11-7-13(18)9-14(19)16(11)20/h4-5,7-9H,2-3,6H2,1H3,(H,21,22). The Balaban J connectivity index is 2.18. The molecule has 132 valence electrons. The van der Waals surface area contributed by atoms with Crippen LogP contribution in [-0.2, 0) is 16.4 Å². The summed E-state index contributed by atoms with van der Waals surface area (Å²) in [6.45, 7) is 1.57. The molecule has 3 rings (SSSR count). The molecule has 1 aliphatic heterocycles. The summed E-state index contributed by atoms with van der Waals surface area (Å²) in [4.78, 5) is 10.9. The highest BCUT2D eigenvalue weighted by atomic mass is 32.2. The van der Waals surface area contributed by atoms with Crippen molar-refractivity contribution in [3.05, 3.63) is 58.7 Å². The van der Waals surface area contributed by atoms with E-state index in [0.717, 1.165) is 16.4 Å². The number of halogens is 2. The average molecular weight is 367 g/mol. The highest BCUT2D eigenvalue weighted by Gasteiger charge is 2.33. The van der Waals surface area contributed by atoms with E-state index in [-0.39, 0.29) is 28.3 Å². The Kier molecular flexibility index (Phi) is 4.24. The summed E-state index contributed by atoms with van der Waals surface area (Å²) in [6, 6.07) is 5.52. The Morgan fingerprint density at radius 2 is 1.92 bits per heavy atom. The van der Waals surface area contributed by atoms with Crippen molar-refractivity contribution in [3.8, 4) is 0 Å². The second-order valence-electron chi connectivity index (χ2n) is 5.86. The van der Waals surface area contributed by atoms with Crippen molar-refractivity contribution in [3.63, 3.8) is 0 Å². The van der Waals surface area contributed by atoms with E-state index in [4.69, 9.17) is 5.11 Å². The predicted molar refractivity (Wildman–Crippen MR) is 87.3 cm³/mol. The third-order valence-electron chi connectivity index (χ3n) is 4.17. The van der Waals surface area contributed by atoms with Crippen LogP contribution in [0.15, 0.2) is 35.2 Å². The van der Waals surface area contributed by atoms with Gasteiger partial charge in [-0.25, -0.2) is 22.0 Å². The van der Waals surface area contributed by atoms with Crippen molar-refractivity contribution in [2.75, 3.05) is 10.8 Å². The summed E-state index contributed by atoms with van der Waals surface area (Å²) in [7, 11) is -4.19. The molecule has 0 bridgehead atoms. The Labute approximate surface area is 143 Å². The zero-order valence-corrected chi connectivity index (χ0v) is 14.1. The van der Waals surface area contributed by atoms with Gasteiger partial charge in [0.25, 0.3) is 10.0 Å². The van der Waals surface area contributed by atoms with Gasteiger partial charge in [-0.1, -0.05) is 6.07 Å². The summed E-state index contributed by atoms with van der Waals surface area (Å²) < 4.78 is 54.7. The van der Waals surface area contributed by atoms with Crippen molar-refractivity contribution in [2.24, 2.45) is 0 Å². The topological polar surface area (TPSA) is 74.7 Å². The summed E-state index contributed by atoms with van der Waals surface area (Å²) in [5, 5.41) is 9.10. The van der Waals surface area contributed by atoms with E-state index in [9.17, 15) is 22.0 Å². The summed E-state index contributed by atoms with van der Waals surface area (Å²) in [5.41, 5.74) is 0.271. The number of hydrogen-bond acceptors (Lipinski definition) is 3. The lowest BCUT2D eigenvalue weighted by atomic mass is 10.0. The van der Waals surface area contributed by atoms with Gasteiger partial charge in [-0.3, -0.25) is 4.31 Å². The maximum atomic E-state index is 14.3. The van der Waals surface area contributed by atoms with E-state index in [0.29, 0.717) is 24.5 Å². The first-order chi connectivity index (χ1) is 11.7. The van der Waals surface area contributed by atoms with Crippen LogP contribution in [-0.4, -0.2) is 26.0 Å². The number of hydrogen-bond donors (Lipinski definition) is 1. The van der Waals surface area contributed by atoms with Gasteiger partial charge < -0.3 is 5.11 Å². The van der Waals surface area contributed by atoms with Gasteiger partial charge in [0.1, 0.15) is 5.82 Å². The van der Waals surface area contributed by atoms with Gasteiger partial charge in [-0.05, 0) is 49.1 Å². The lowest BCUT2D eigenvalue weighted by molar-refractivity contribution is 0.0696. The molecule has 2 aromatic rings. The molecular weight excluding hydrogens is 352 g/mol. The molecule has 1 N–H and O–H groups in total. The van der Waals surface area contributed by atoms with Gasteiger partial charge in [-0.15, -0.1) is 0 Å². The van der Waals surface area contributed by atoms with Crippen LogP contribution >= 0.6 is 0 Å². The number of fused-ring (bicyclic) bond motifs is 1. The number of sulfonamides is 1. The molecule has 25 heavy (non-hydrogen) atoms. The van der Waals surface area contributed by atoms with Gasteiger partial charge in [0, 0.05) is 12.6 Å². The molecule has 0 unspecified atom stereocenters. The first kappa shape index (κ1) is 17.3. The number of rotatable bonds is 3. The SMILES string of the molecule is Cc1ccc(C(=O)O)cc1S(=O)(=O)N1CCCc2cc(F)cc(F)c21. The maximum Gasteiger partial charge on any atom is 0.335 e. The molecule has 5 nitrogen and oxygen atoms in total. The molecular formula is C17H15F2NO4S. The number of aromatic carboxylic acids is 1. The van der Waals surface area contributed by atoms with Crippen LogP contribution in [0, 0.1) is 18.6 Å². The number of nitrogens with zero attached hydrogens (tertiary/aromatic N) is 1. The molecule has 0 saturated heterocycles. The van der Waals surface area contributed by atoms with E-state index in [2.05, 4.69) is 0 Å². The third-order valence-corrected chi connectivity index (χ3v) is 6.11. The fourth-order valence-electron chi connectivity index (χ4n) is 2.98. The number of aryl methyl sites for hydroxylation is 2. The minimum Gasteiger partial charge on any atom is -0.478 e. The maximum absolute atomic E-state index is 14.3. The minimum atomic E-state index is -4.19. The molecule has 2 aromatic carbocycles. The number of carboxylic acids is 1. The van der Waals surface area contributed by atoms with E-state index in [1.54, 1.807) is 0 Å². The Morgan fingerprint density at radius 1 is 1.20 bits per heavy atom. The Hall–Kier alpha value is -2.48. The molecule has 1 aliphatic rings.